The van der Waals surface area contributed by atoms with Crippen LogP contribution in [-0.2, 0) is 12.8 Å². The first-order valence-electron chi connectivity index (χ1n) is 6.11. The number of oxazole rings is 1. The summed E-state index contributed by atoms with van der Waals surface area (Å²) in [5.74, 6) is 1.21. The van der Waals surface area contributed by atoms with Gasteiger partial charge in [-0.15, -0.1) is 0 Å². The van der Waals surface area contributed by atoms with Gasteiger partial charge in [0.15, 0.2) is 5.89 Å². The van der Waals surface area contributed by atoms with E-state index in [1.807, 2.05) is 13.1 Å². The SMILES string of the molecule is CNCCCc1cnc(Cc2ccccc2F)o1. The Bertz CT molecular complexity index is 496. The van der Waals surface area contributed by atoms with Crippen LogP contribution in [0.5, 0.6) is 0 Å². The highest BCUT2D eigenvalue weighted by Gasteiger charge is 2.07. The Morgan fingerprint density at radius 1 is 1.33 bits per heavy atom. The lowest BCUT2D eigenvalue weighted by Gasteiger charge is -1.99. The zero-order chi connectivity index (χ0) is 12.8. The molecule has 2 rings (SSSR count). The number of rotatable bonds is 6. The van der Waals surface area contributed by atoms with Crippen LogP contribution in [0.15, 0.2) is 34.9 Å². The lowest BCUT2D eigenvalue weighted by molar-refractivity contribution is 0.454. The van der Waals surface area contributed by atoms with Crippen molar-refractivity contribution < 1.29 is 8.81 Å². The first-order chi connectivity index (χ1) is 8.79. The van der Waals surface area contributed by atoms with Crippen LogP contribution in [0.2, 0.25) is 0 Å². The van der Waals surface area contributed by atoms with Crippen LogP contribution in [0.3, 0.4) is 0 Å². The summed E-state index contributed by atoms with van der Waals surface area (Å²) in [4.78, 5) is 4.18. The topological polar surface area (TPSA) is 38.1 Å². The van der Waals surface area contributed by atoms with E-state index in [-0.39, 0.29) is 5.82 Å². The van der Waals surface area contributed by atoms with Gasteiger partial charge in [-0.05, 0) is 31.6 Å². The van der Waals surface area contributed by atoms with Gasteiger partial charge < -0.3 is 9.73 Å². The fraction of sp³-hybridized carbons (Fsp3) is 0.357. The summed E-state index contributed by atoms with van der Waals surface area (Å²) in [6, 6.07) is 6.69. The third kappa shape index (κ3) is 3.40. The van der Waals surface area contributed by atoms with E-state index in [4.69, 9.17) is 4.42 Å². The first-order valence-corrected chi connectivity index (χ1v) is 6.11. The molecule has 1 N–H and O–H groups in total. The number of hydrogen-bond donors (Lipinski definition) is 1. The fourth-order valence-electron chi connectivity index (χ4n) is 1.79. The Morgan fingerprint density at radius 2 is 2.17 bits per heavy atom. The predicted molar refractivity (Wildman–Crippen MR) is 68.0 cm³/mol. The predicted octanol–water partition coefficient (Wildman–Crippen LogP) is 2.56. The maximum Gasteiger partial charge on any atom is 0.198 e. The zero-order valence-electron chi connectivity index (χ0n) is 10.4. The van der Waals surface area contributed by atoms with Crippen LogP contribution in [0.25, 0.3) is 0 Å². The molecule has 1 aromatic carbocycles. The highest BCUT2D eigenvalue weighted by Crippen LogP contribution is 2.14. The molecular weight excluding hydrogens is 231 g/mol. The molecule has 0 aliphatic rings. The Labute approximate surface area is 106 Å². The minimum Gasteiger partial charge on any atom is -0.445 e. The lowest BCUT2D eigenvalue weighted by atomic mass is 10.1. The van der Waals surface area contributed by atoms with E-state index in [0.717, 1.165) is 25.1 Å². The third-order valence-electron chi connectivity index (χ3n) is 2.75. The van der Waals surface area contributed by atoms with Gasteiger partial charge in [0.1, 0.15) is 11.6 Å². The van der Waals surface area contributed by atoms with Gasteiger partial charge >= 0.3 is 0 Å². The van der Waals surface area contributed by atoms with Crippen LogP contribution in [0.1, 0.15) is 23.6 Å². The van der Waals surface area contributed by atoms with E-state index in [9.17, 15) is 4.39 Å². The zero-order valence-corrected chi connectivity index (χ0v) is 10.4. The van der Waals surface area contributed by atoms with Gasteiger partial charge in [0.05, 0.1) is 12.6 Å². The van der Waals surface area contributed by atoms with E-state index < -0.39 is 0 Å². The van der Waals surface area contributed by atoms with Crippen molar-refractivity contribution in [3.63, 3.8) is 0 Å². The van der Waals surface area contributed by atoms with Crippen molar-refractivity contribution in [3.8, 4) is 0 Å². The number of nitrogens with one attached hydrogen (secondary N) is 1. The molecule has 0 unspecified atom stereocenters. The monoisotopic (exact) mass is 248 g/mol. The normalized spacial score (nSPS) is 10.8. The molecular formula is C14H17FN2O. The molecule has 2 aromatic rings. The number of aryl methyl sites for hydroxylation is 1. The van der Waals surface area contributed by atoms with Gasteiger partial charge in [-0.1, -0.05) is 18.2 Å². The molecule has 0 saturated heterocycles. The molecule has 96 valence electrons. The van der Waals surface area contributed by atoms with Crippen molar-refractivity contribution in [2.45, 2.75) is 19.3 Å². The number of hydrogen-bond acceptors (Lipinski definition) is 3. The van der Waals surface area contributed by atoms with Crippen molar-refractivity contribution in [2.24, 2.45) is 0 Å². The Hall–Kier alpha value is -1.68. The summed E-state index contributed by atoms with van der Waals surface area (Å²) in [7, 11) is 1.92. The summed E-state index contributed by atoms with van der Waals surface area (Å²) in [6.07, 6.45) is 3.99. The van der Waals surface area contributed by atoms with Crippen LogP contribution in [0, 0.1) is 5.82 Å². The molecule has 0 spiro atoms. The molecule has 0 saturated carbocycles. The van der Waals surface area contributed by atoms with Gasteiger partial charge in [-0.3, -0.25) is 0 Å². The molecule has 0 amide bonds. The standard InChI is InChI=1S/C14H17FN2O/c1-16-8-4-6-12-10-17-14(18-12)9-11-5-2-3-7-13(11)15/h2-3,5,7,10,16H,4,6,8-9H2,1H3. The lowest BCUT2D eigenvalue weighted by Crippen LogP contribution is -2.08. The second-order valence-electron chi connectivity index (χ2n) is 4.20. The molecule has 3 nitrogen and oxygen atoms in total. The van der Waals surface area contributed by atoms with Crippen LogP contribution < -0.4 is 5.32 Å². The van der Waals surface area contributed by atoms with Crippen LogP contribution in [-0.4, -0.2) is 18.6 Å². The minimum atomic E-state index is -0.215. The van der Waals surface area contributed by atoms with E-state index in [2.05, 4.69) is 10.3 Å². The summed E-state index contributed by atoms with van der Waals surface area (Å²) in [6.45, 7) is 0.948. The van der Waals surface area contributed by atoms with E-state index in [1.54, 1.807) is 18.3 Å². The smallest absolute Gasteiger partial charge is 0.198 e. The van der Waals surface area contributed by atoms with Crippen molar-refractivity contribution >= 4 is 0 Å². The number of halogens is 1. The minimum absolute atomic E-state index is 0.215. The maximum atomic E-state index is 13.5. The highest BCUT2D eigenvalue weighted by atomic mass is 19.1. The number of benzene rings is 1. The molecule has 0 atom stereocenters. The van der Waals surface area contributed by atoms with Crippen LogP contribution in [0.4, 0.5) is 4.39 Å². The third-order valence-corrected chi connectivity index (χ3v) is 2.75. The second-order valence-corrected chi connectivity index (χ2v) is 4.20. The van der Waals surface area contributed by atoms with E-state index in [1.165, 1.54) is 6.07 Å². The summed E-state index contributed by atoms with van der Waals surface area (Å²) in [5.41, 5.74) is 0.612. The Kier molecular flexibility index (Phi) is 4.47. The first kappa shape index (κ1) is 12.8. The van der Waals surface area contributed by atoms with Crippen LogP contribution >= 0.6 is 0 Å². The van der Waals surface area contributed by atoms with Gasteiger partial charge in [0, 0.05) is 6.42 Å². The van der Waals surface area contributed by atoms with Crippen molar-refractivity contribution in [1.29, 1.82) is 0 Å². The summed E-state index contributed by atoms with van der Waals surface area (Å²) >= 11 is 0. The van der Waals surface area contributed by atoms with Crippen molar-refractivity contribution in [3.05, 3.63) is 53.5 Å². The van der Waals surface area contributed by atoms with Gasteiger partial charge in [0.2, 0.25) is 0 Å². The van der Waals surface area contributed by atoms with E-state index in [0.29, 0.717) is 17.9 Å². The molecule has 0 fully saturated rings. The summed E-state index contributed by atoms with van der Waals surface area (Å²) in [5, 5.41) is 3.08. The van der Waals surface area contributed by atoms with Gasteiger partial charge in [-0.2, -0.15) is 0 Å². The molecule has 1 heterocycles. The fourth-order valence-corrected chi connectivity index (χ4v) is 1.79. The Balaban J connectivity index is 1.96. The Morgan fingerprint density at radius 3 is 2.94 bits per heavy atom. The maximum absolute atomic E-state index is 13.5. The molecule has 0 radical (unpaired) electrons. The second kappa shape index (κ2) is 6.31. The molecule has 4 heteroatoms. The molecule has 18 heavy (non-hydrogen) atoms. The van der Waals surface area contributed by atoms with Gasteiger partial charge in [-0.25, -0.2) is 9.37 Å². The quantitative estimate of drug-likeness (QED) is 0.798. The number of aromatic nitrogens is 1. The largest absolute Gasteiger partial charge is 0.445 e. The van der Waals surface area contributed by atoms with Crippen molar-refractivity contribution in [2.75, 3.05) is 13.6 Å². The molecule has 0 aliphatic carbocycles. The van der Waals surface area contributed by atoms with Gasteiger partial charge in [0.25, 0.3) is 0 Å². The highest BCUT2D eigenvalue weighted by molar-refractivity contribution is 5.20. The average Bonchev–Trinajstić information content (AvgIpc) is 2.80. The molecule has 0 aliphatic heterocycles. The summed E-state index contributed by atoms with van der Waals surface area (Å²) < 4.78 is 19.0. The average molecular weight is 248 g/mol. The van der Waals surface area contributed by atoms with Crippen molar-refractivity contribution in [1.82, 2.24) is 10.3 Å². The molecule has 0 bridgehead atoms. The van der Waals surface area contributed by atoms with E-state index >= 15 is 0 Å². The molecule has 1 aromatic heterocycles. The number of nitrogens with zero attached hydrogens (tertiary/aromatic N) is 1.